The topological polar surface area (TPSA) is 41.6 Å². The van der Waals surface area contributed by atoms with Gasteiger partial charge in [0.2, 0.25) is 0 Å². The van der Waals surface area contributed by atoms with E-state index in [0.717, 1.165) is 32.6 Å². The zero-order valence-corrected chi connectivity index (χ0v) is 14.1. The zero-order valence-electron chi connectivity index (χ0n) is 14.1. The molecule has 1 saturated heterocycles. The van der Waals surface area contributed by atoms with Crippen LogP contribution in [0.15, 0.2) is 0 Å². The molecule has 2 unspecified atom stereocenters. The third-order valence-corrected chi connectivity index (χ3v) is 4.44. The Labute approximate surface area is 124 Å². The van der Waals surface area contributed by atoms with E-state index in [4.69, 9.17) is 4.74 Å². The molecular formula is C16H32N2O2. The molecule has 0 aromatic carbocycles. The highest BCUT2D eigenvalue weighted by atomic mass is 16.5. The van der Waals surface area contributed by atoms with Gasteiger partial charge < -0.3 is 15.0 Å². The van der Waals surface area contributed by atoms with Crippen LogP contribution in [-0.4, -0.2) is 49.7 Å². The second-order valence-corrected chi connectivity index (χ2v) is 7.34. The van der Waals surface area contributed by atoms with E-state index >= 15 is 0 Å². The van der Waals surface area contributed by atoms with Gasteiger partial charge in [-0.15, -0.1) is 0 Å². The Bertz CT molecular complexity index is 325. The van der Waals surface area contributed by atoms with Gasteiger partial charge in [0, 0.05) is 13.1 Å². The first-order valence-electron chi connectivity index (χ1n) is 7.78. The minimum Gasteiger partial charge on any atom is -0.468 e. The van der Waals surface area contributed by atoms with Crippen molar-refractivity contribution in [2.45, 2.75) is 53.0 Å². The average molecular weight is 284 g/mol. The van der Waals surface area contributed by atoms with Crippen LogP contribution in [-0.2, 0) is 9.53 Å². The van der Waals surface area contributed by atoms with Gasteiger partial charge in [-0.05, 0) is 44.2 Å². The molecule has 0 radical (unpaired) electrons. The first-order chi connectivity index (χ1) is 9.23. The number of nitrogens with one attached hydrogen (secondary N) is 1. The lowest BCUT2D eigenvalue weighted by molar-refractivity contribution is -0.148. The summed E-state index contributed by atoms with van der Waals surface area (Å²) in [6, 6.07) is 0. The molecule has 0 spiro atoms. The van der Waals surface area contributed by atoms with Crippen LogP contribution >= 0.6 is 0 Å². The van der Waals surface area contributed by atoms with E-state index in [1.54, 1.807) is 0 Å². The molecule has 118 valence electrons. The van der Waals surface area contributed by atoms with E-state index < -0.39 is 5.54 Å². The molecule has 1 aliphatic rings. The fourth-order valence-corrected chi connectivity index (χ4v) is 2.95. The number of carbonyl (C=O) groups is 1. The molecule has 0 aromatic heterocycles. The summed E-state index contributed by atoms with van der Waals surface area (Å²) in [7, 11) is 1.47. The number of methoxy groups -OCH3 is 1. The van der Waals surface area contributed by atoms with Gasteiger partial charge in [-0.2, -0.15) is 0 Å². The SMILES string of the molecule is CCCNC(C)(CN1CCC(C(C)(C)C)C1)C(=O)OC. The second-order valence-electron chi connectivity index (χ2n) is 7.34. The lowest BCUT2D eigenvalue weighted by atomic mass is 9.80. The first-order valence-corrected chi connectivity index (χ1v) is 7.78. The molecule has 1 rings (SSSR count). The Kier molecular flexibility index (Phi) is 6.02. The van der Waals surface area contributed by atoms with Crippen LogP contribution < -0.4 is 5.32 Å². The molecule has 1 aliphatic heterocycles. The quantitative estimate of drug-likeness (QED) is 0.760. The highest BCUT2D eigenvalue weighted by Crippen LogP contribution is 2.34. The molecule has 4 nitrogen and oxygen atoms in total. The molecule has 0 aliphatic carbocycles. The summed E-state index contributed by atoms with van der Waals surface area (Å²) in [6.45, 7) is 14.7. The van der Waals surface area contributed by atoms with Gasteiger partial charge in [-0.1, -0.05) is 27.7 Å². The van der Waals surface area contributed by atoms with Crippen LogP contribution in [0.2, 0.25) is 0 Å². The minimum absolute atomic E-state index is 0.162. The number of ether oxygens (including phenoxy) is 1. The lowest BCUT2D eigenvalue weighted by Gasteiger charge is -2.33. The normalized spacial score (nSPS) is 23.6. The van der Waals surface area contributed by atoms with Gasteiger partial charge in [-0.25, -0.2) is 0 Å². The highest BCUT2D eigenvalue weighted by molar-refractivity contribution is 5.80. The Morgan fingerprint density at radius 2 is 2.00 bits per heavy atom. The van der Waals surface area contributed by atoms with Crippen molar-refractivity contribution in [2.75, 3.05) is 33.3 Å². The lowest BCUT2D eigenvalue weighted by Crippen LogP contribution is -2.57. The standard InChI is InChI=1S/C16H32N2O2/c1-7-9-17-16(5,14(19)20-6)12-18-10-8-13(11-18)15(2,3)4/h13,17H,7-12H2,1-6H3. The molecule has 4 heteroatoms. The van der Waals surface area contributed by atoms with Crippen molar-refractivity contribution in [2.24, 2.45) is 11.3 Å². The number of hydrogen-bond donors (Lipinski definition) is 1. The number of rotatable bonds is 6. The van der Waals surface area contributed by atoms with Gasteiger partial charge in [0.25, 0.3) is 0 Å². The number of nitrogens with zero attached hydrogens (tertiary/aromatic N) is 1. The predicted octanol–water partition coefficient (Wildman–Crippen LogP) is 2.29. The molecule has 0 saturated carbocycles. The number of hydrogen-bond acceptors (Lipinski definition) is 4. The minimum atomic E-state index is -0.600. The maximum absolute atomic E-state index is 12.1. The Morgan fingerprint density at radius 3 is 2.45 bits per heavy atom. The van der Waals surface area contributed by atoms with Gasteiger partial charge in [-0.3, -0.25) is 4.79 Å². The summed E-state index contributed by atoms with van der Waals surface area (Å²) in [5.41, 5.74) is -0.259. The molecule has 1 fully saturated rings. The third kappa shape index (κ3) is 4.45. The molecule has 2 atom stereocenters. The van der Waals surface area contributed by atoms with Crippen molar-refractivity contribution >= 4 is 5.97 Å². The van der Waals surface area contributed by atoms with Gasteiger partial charge in [0.1, 0.15) is 5.54 Å². The van der Waals surface area contributed by atoms with Crippen molar-refractivity contribution < 1.29 is 9.53 Å². The Balaban J connectivity index is 2.65. The molecule has 20 heavy (non-hydrogen) atoms. The smallest absolute Gasteiger partial charge is 0.327 e. The monoisotopic (exact) mass is 284 g/mol. The second kappa shape index (κ2) is 6.90. The molecule has 0 bridgehead atoms. The van der Waals surface area contributed by atoms with E-state index in [2.05, 4.69) is 37.9 Å². The van der Waals surface area contributed by atoms with E-state index in [-0.39, 0.29) is 5.97 Å². The summed E-state index contributed by atoms with van der Waals surface area (Å²) in [5, 5.41) is 3.36. The van der Waals surface area contributed by atoms with Crippen LogP contribution in [0.25, 0.3) is 0 Å². The first kappa shape index (κ1) is 17.4. The van der Waals surface area contributed by atoms with Crippen LogP contribution in [0.1, 0.15) is 47.5 Å². The fraction of sp³-hybridized carbons (Fsp3) is 0.938. The zero-order chi connectivity index (χ0) is 15.4. The van der Waals surface area contributed by atoms with Crippen molar-refractivity contribution in [1.29, 1.82) is 0 Å². The fourth-order valence-electron chi connectivity index (χ4n) is 2.95. The van der Waals surface area contributed by atoms with E-state index in [1.165, 1.54) is 13.5 Å². The van der Waals surface area contributed by atoms with E-state index in [0.29, 0.717) is 11.3 Å². The Hall–Kier alpha value is -0.610. The maximum Gasteiger partial charge on any atom is 0.327 e. The molecular weight excluding hydrogens is 252 g/mol. The summed E-state index contributed by atoms with van der Waals surface area (Å²) < 4.78 is 4.99. The molecule has 0 amide bonds. The largest absolute Gasteiger partial charge is 0.468 e. The number of esters is 1. The summed E-state index contributed by atoms with van der Waals surface area (Å²) in [6.07, 6.45) is 2.23. The predicted molar refractivity (Wildman–Crippen MR) is 82.7 cm³/mol. The van der Waals surface area contributed by atoms with Crippen LogP contribution in [0.3, 0.4) is 0 Å². The van der Waals surface area contributed by atoms with Crippen molar-refractivity contribution in [1.82, 2.24) is 10.2 Å². The summed E-state index contributed by atoms with van der Waals surface area (Å²) >= 11 is 0. The summed E-state index contributed by atoms with van der Waals surface area (Å²) in [4.78, 5) is 14.5. The van der Waals surface area contributed by atoms with Crippen molar-refractivity contribution in [3.05, 3.63) is 0 Å². The maximum atomic E-state index is 12.1. The van der Waals surface area contributed by atoms with E-state index in [9.17, 15) is 4.79 Å². The van der Waals surface area contributed by atoms with Crippen molar-refractivity contribution in [3.8, 4) is 0 Å². The number of likely N-dealkylation sites (tertiary alicyclic amines) is 1. The van der Waals surface area contributed by atoms with Crippen LogP contribution in [0.4, 0.5) is 0 Å². The van der Waals surface area contributed by atoms with Gasteiger partial charge in [0.05, 0.1) is 7.11 Å². The van der Waals surface area contributed by atoms with Crippen LogP contribution in [0, 0.1) is 11.3 Å². The molecule has 1 N–H and O–H groups in total. The Morgan fingerprint density at radius 1 is 1.35 bits per heavy atom. The van der Waals surface area contributed by atoms with Crippen molar-refractivity contribution in [3.63, 3.8) is 0 Å². The van der Waals surface area contributed by atoms with E-state index in [1.807, 2.05) is 6.92 Å². The van der Waals surface area contributed by atoms with Crippen LogP contribution in [0.5, 0.6) is 0 Å². The van der Waals surface area contributed by atoms with Gasteiger partial charge >= 0.3 is 5.97 Å². The summed E-state index contributed by atoms with van der Waals surface area (Å²) in [5.74, 6) is 0.542. The molecule has 0 aromatic rings. The highest BCUT2D eigenvalue weighted by Gasteiger charge is 2.39. The average Bonchev–Trinajstić information content (AvgIpc) is 2.83. The number of carbonyl (C=O) groups excluding carboxylic acids is 1. The molecule has 1 heterocycles. The third-order valence-electron chi connectivity index (χ3n) is 4.44. The van der Waals surface area contributed by atoms with Gasteiger partial charge in [0.15, 0.2) is 0 Å².